The smallest absolute Gasteiger partial charge is 0.407 e. The Hall–Kier alpha value is -2.24. The van der Waals surface area contributed by atoms with E-state index < -0.39 is 17.7 Å². The Bertz CT molecular complexity index is 555. The first-order valence-corrected chi connectivity index (χ1v) is 7.68. The van der Waals surface area contributed by atoms with Gasteiger partial charge in [0.2, 0.25) is 0 Å². The Morgan fingerprint density at radius 1 is 1.22 bits per heavy atom. The van der Waals surface area contributed by atoms with Crippen LogP contribution in [0.5, 0.6) is 5.75 Å². The van der Waals surface area contributed by atoms with E-state index in [0.717, 1.165) is 18.4 Å². The number of nitrogens with one attached hydrogen (secondary N) is 1. The molecular formula is C17H23NO5. The van der Waals surface area contributed by atoms with Crippen molar-refractivity contribution >= 4 is 12.1 Å². The van der Waals surface area contributed by atoms with Crippen molar-refractivity contribution in [2.75, 3.05) is 0 Å². The number of carboxylic acid groups (broad SMARTS) is 1. The zero-order chi connectivity index (χ0) is 17.0. The molecule has 2 rings (SSSR count). The second kappa shape index (κ2) is 6.89. The van der Waals surface area contributed by atoms with Crippen LogP contribution in [0.15, 0.2) is 24.3 Å². The van der Waals surface area contributed by atoms with Gasteiger partial charge in [0.15, 0.2) is 0 Å². The van der Waals surface area contributed by atoms with E-state index in [1.54, 1.807) is 24.3 Å². The Morgan fingerprint density at radius 2 is 1.83 bits per heavy atom. The number of benzene rings is 1. The van der Waals surface area contributed by atoms with Gasteiger partial charge in [-0.05, 0) is 38.5 Å². The van der Waals surface area contributed by atoms with E-state index in [9.17, 15) is 9.59 Å². The third-order valence-corrected chi connectivity index (χ3v) is 3.40. The first kappa shape index (κ1) is 17.1. The van der Waals surface area contributed by atoms with Crippen LogP contribution in [0.2, 0.25) is 0 Å². The van der Waals surface area contributed by atoms with E-state index in [-0.39, 0.29) is 18.6 Å². The van der Waals surface area contributed by atoms with Crippen molar-refractivity contribution in [3.05, 3.63) is 29.8 Å². The van der Waals surface area contributed by atoms with Gasteiger partial charge < -0.3 is 19.9 Å². The van der Waals surface area contributed by atoms with E-state index in [4.69, 9.17) is 14.6 Å². The van der Waals surface area contributed by atoms with Gasteiger partial charge >= 0.3 is 12.1 Å². The second-order valence-electron chi connectivity index (χ2n) is 6.77. The third-order valence-electron chi connectivity index (χ3n) is 3.40. The molecule has 1 aromatic rings. The minimum absolute atomic E-state index is 0.00555. The molecular weight excluding hydrogens is 298 g/mol. The van der Waals surface area contributed by atoms with Crippen molar-refractivity contribution in [2.45, 2.75) is 57.8 Å². The molecule has 0 radical (unpaired) electrons. The summed E-state index contributed by atoms with van der Waals surface area (Å²) in [6.07, 6.45) is 1.12. The molecule has 0 aromatic heterocycles. The Balaban J connectivity index is 1.71. The van der Waals surface area contributed by atoms with Crippen LogP contribution in [-0.2, 0) is 16.0 Å². The fourth-order valence-electron chi connectivity index (χ4n) is 2.31. The molecule has 2 N–H and O–H groups in total. The van der Waals surface area contributed by atoms with E-state index in [1.165, 1.54) is 0 Å². The lowest BCUT2D eigenvalue weighted by molar-refractivity contribution is -0.136. The third kappa shape index (κ3) is 5.81. The highest BCUT2D eigenvalue weighted by Gasteiger charge is 2.33. The molecule has 1 aliphatic carbocycles. The Kier molecular flexibility index (Phi) is 5.13. The maximum atomic E-state index is 11.6. The van der Waals surface area contributed by atoms with Crippen molar-refractivity contribution in [1.29, 1.82) is 0 Å². The number of aliphatic carboxylic acids is 1. The number of ether oxygens (including phenoxy) is 2. The van der Waals surface area contributed by atoms with Crippen LogP contribution in [0, 0.1) is 0 Å². The average Bonchev–Trinajstić information content (AvgIpc) is 2.35. The van der Waals surface area contributed by atoms with Crippen LogP contribution < -0.4 is 10.1 Å². The van der Waals surface area contributed by atoms with Crippen LogP contribution in [-0.4, -0.2) is 34.9 Å². The molecule has 126 valence electrons. The molecule has 0 saturated heterocycles. The zero-order valence-electron chi connectivity index (χ0n) is 13.7. The summed E-state index contributed by atoms with van der Waals surface area (Å²) in [4.78, 5) is 22.3. The molecule has 6 heteroatoms. The highest BCUT2D eigenvalue weighted by Crippen LogP contribution is 2.26. The van der Waals surface area contributed by atoms with Gasteiger partial charge in [0, 0.05) is 18.9 Å². The SMILES string of the molecule is CC(C)(C)OC(=O)N[C@H]1C[C@H](Oc2ccc(CC(=O)O)cc2)C1. The highest BCUT2D eigenvalue weighted by atomic mass is 16.6. The quantitative estimate of drug-likeness (QED) is 0.871. The monoisotopic (exact) mass is 321 g/mol. The predicted molar refractivity (Wildman–Crippen MR) is 84.6 cm³/mol. The van der Waals surface area contributed by atoms with Crippen LogP contribution in [0.3, 0.4) is 0 Å². The van der Waals surface area contributed by atoms with E-state index in [1.807, 2.05) is 20.8 Å². The fourth-order valence-corrected chi connectivity index (χ4v) is 2.31. The largest absolute Gasteiger partial charge is 0.490 e. The van der Waals surface area contributed by atoms with Gasteiger partial charge in [-0.1, -0.05) is 12.1 Å². The first-order chi connectivity index (χ1) is 10.7. The maximum absolute atomic E-state index is 11.6. The average molecular weight is 321 g/mol. The number of alkyl carbamates (subject to hydrolysis) is 1. The minimum atomic E-state index is -0.853. The topological polar surface area (TPSA) is 84.9 Å². The van der Waals surface area contributed by atoms with Crippen LogP contribution in [0.25, 0.3) is 0 Å². The van der Waals surface area contributed by atoms with E-state index in [2.05, 4.69) is 5.32 Å². The first-order valence-electron chi connectivity index (χ1n) is 7.68. The Morgan fingerprint density at radius 3 is 2.35 bits per heavy atom. The van der Waals surface area contributed by atoms with Gasteiger partial charge in [-0.3, -0.25) is 4.79 Å². The number of amides is 1. The van der Waals surface area contributed by atoms with Gasteiger partial charge in [-0.15, -0.1) is 0 Å². The number of hydrogen-bond donors (Lipinski definition) is 2. The standard InChI is InChI=1S/C17H23NO5/c1-17(2,3)23-16(21)18-12-9-14(10-12)22-13-6-4-11(5-7-13)8-15(19)20/h4-7,12,14H,8-10H2,1-3H3,(H,18,21)(H,19,20)/t12-,14-. The molecule has 6 nitrogen and oxygen atoms in total. The number of carboxylic acids is 1. The van der Waals surface area contributed by atoms with Gasteiger partial charge in [-0.2, -0.15) is 0 Å². The summed E-state index contributed by atoms with van der Waals surface area (Å²) in [5.41, 5.74) is 0.240. The Labute approximate surface area is 135 Å². The minimum Gasteiger partial charge on any atom is -0.490 e. The summed E-state index contributed by atoms with van der Waals surface area (Å²) in [7, 11) is 0. The van der Waals surface area contributed by atoms with Crippen molar-refractivity contribution < 1.29 is 24.2 Å². The van der Waals surface area contributed by atoms with Gasteiger partial charge in [0.1, 0.15) is 17.5 Å². The number of carbonyl (C=O) groups excluding carboxylic acids is 1. The molecule has 0 heterocycles. The number of carbonyl (C=O) groups is 2. The van der Waals surface area contributed by atoms with Crippen molar-refractivity contribution in [3.8, 4) is 5.75 Å². The van der Waals surface area contributed by atoms with Gasteiger partial charge in [0.25, 0.3) is 0 Å². The van der Waals surface area contributed by atoms with Gasteiger partial charge in [-0.25, -0.2) is 4.79 Å². The molecule has 1 aliphatic rings. The zero-order valence-corrected chi connectivity index (χ0v) is 13.7. The van der Waals surface area contributed by atoms with Crippen LogP contribution in [0.4, 0.5) is 4.79 Å². The maximum Gasteiger partial charge on any atom is 0.407 e. The molecule has 23 heavy (non-hydrogen) atoms. The molecule has 1 saturated carbocycles. The summed E-state index contributed by atoms with van der Waals surface area (Å²) >= 11 is 0. The van der Waals surface area contributed by atoms with Crippen LogP contribution >= 0.6 is 0 Å². The molecule has 1 amide bonds. The molecule has 0 bridgehead atoms. The summed E-state index contributed by atoms with van der Waals surface area (Å²) in [5, 5.41) is 11.5. The molecule has 0 atom stereocenters. The van der Waals surface area contributed by atoms with Crippen molar-refractivity contribution in [1.82, 2.24) is 5.32 Å². The lowest BCUT2D eigenvalue weighted by atomic mass is 9.89. The number of rotatable bonds is 5. The molecule has 1 aromatic carbocycles. The lowest BCUT2D eigenvalue weighted by Gasteiger charge is -2.36. The highest BCUT2D eigenvalue weighted by molar-refractivity contribution is 5.70. The lowest BCUT2D eigenvalue weighted by Crippen LogP contribution is -2.50. The molecule has 0 spiro atoms. The normalized spacial score (nSPS) is 20.3. The van der Waals surface area contributed by atoms with Crippen LogP contribution in [0.1, 0.15) is 39.2 Å². The van der Waals surface area contributed by atoms with E-state index >= 15 is 0 Å². The van der Waals surface area contributed by atoms with Crippen molar-refractivity contribution in [2.24, 2.45) is 0 Å². The predicted octanol–water partition coefficient (Wildman–Crippen LogP) is 2.75. The summed E-state index contributed by atoms with van der Waals surface area (Å²) < 4.78 is 11.0. The number of hydrogen-bond acceptors (Lipinski definition) is 4. The van der Waals surface area contributed by atoms with Gasteiger partial charge in [0.05, 0.1) is 6.42 Å². The molecule has 0 aliphatic heterocycles. The molecule has 1 fully saturated rings. The summed E-state index contributed by atoms with van der Waals surface area (Å²) in [6.45, 7) is 5.48. The molecule has 0 unspecified atom stereocenters. The summed E-state index contributed by atoms with van der Waals surface area (Å²) in [5.74, 6) is -0.145. The van der Waals surface area contributed by atoms with Crippen molar-refractivity contribution in [3.63, 3.8) is 0 Å². The fraction of sp³-hybridized carbons (Fsp3) is 0.529. The summed E-state index contributed by atoms with van der Waals surface area (Å²) in [6, 6.07) is 7.11. The second-order valence-corrected chi connectivity index (χ2v) is 6.77. The van der Waals surface area contributed by atoms with E-state index in [0.29, 0.717) is 5.75 Å².